The first kappa shape index (κ1) is 17.3. The van der Waals surface area contributed by atoms with Crippen LogP contribution in [0.1, 0.15) is 29.8 Å². The molecule has 0 unspecified atom stereocenters. The number of amides is 1. The summed E-state index contributed by atoms with van der Waals surface area (Å²) in [5.74, 6) is 0.475. The van der Waals surface area contributed by atoms with Gasteiger partial charge in [0.1, 0.15) is 22.6 Å². The van der Waals surface area contributed by atoms with Gasteiger partial charge in [-0.15, -0.1) is 0 Å². The van der Waals surface area contributed by atoms with Crippen molar-refractivity contribution in [3.63, 3.8) is 0 Å². The third kappa shape index (κ3) is 2.89. The molecule has 3 heterocycles. The van der Waals surface area contributed by atoms with E-state index in [0.29, 0.717) is 24.1 Å². The fourth-order valence-electron chi connectivity index (χ4n) is 3.72. The van der Waals surface area contributed by atoms with Crippen molar-refractivity contribution in [2.45, 2.75) is 26.0 Å². The molecule has 0 aliphatic carbocycles. The maximum Gasteiger partial charge on any atom is 0.259 e. The van der Waals surface area contributed by atoms with E-state index in [0.717, 1.165) is 11.3 Å². The number of carbonyl (C=O) groups is 1. The van der Waals surface area contributed by atoms with E-state index >= 15 is 0 Å². The molecule has 0 N–H and O–H groups in total. The van der Waals surface area contributed by atoms with E-state index in [9.17, 15) is 9.59 Å². The molecule has 140 valence electrons. The van der Waals surface area contributed by atoms with E-state index in [1.165, 1.54) is 6.20 Å². The van der Waals surface area contributed by atoms with E-state index in [-0.39, 0.29) is 16.9 Å². The lowest BCUT2D eigenvalue weighted by Gasteiger charge is -2.29. The SMILES string of the molecule is Cn1cc(C(=O)N2Cc3ccccc3OC(C)(C)C2)c(=O)c2cnn(C)c21. The summed E-state index contributed by atoms with van der Waals surface area (Å²) in [5, 5.41) is 4.59. The number of hydrogen-bond acceptors (Lipinski definition) is 4. The van der Waals surface area contributed by atoms with Crippen molar-refractivity contribution in [2.24, 2.45) is 14.1 Å². The van der Waals surface area contributed by atoms with Crippen molar-refractivity contribution >= 4 is 16.9 Å². The number of pyridine rings is 1. The van der Waals surface area contributed by atoms with Crippen LogP contribution in [0.5, 0.6) is 5.75 Å². The third-order valence-electron chi connectivity index (χ3n) is 4.86. The van der Waals surface area contributed by atoms with Gasteiger partial charge in [0.15, 0.2) is 0 Å². The monoisotopic (exact) mass is 366 g/mol. The van der Waals surface area contributed by atoms with Crippen LogP contribution in [-0.4, -0.2) is 37.3 Å². The second-order valence-electron chi connectivity index (χ2n) is 7.62. The van der Waals surface area contributed by atoms with Crippen LogP contribution < -0.4 is 10.2 Å². The minimum absolute atomic E-state index is 0.146. The molecule has 27 heavy (non-hydrogen) atoms. The van der Waals surface area contributed by atoms with Gasteiger partial charge in [0.05, 0.1) is 18.1 Å². The van der Waals surface area contributed by atoms with Crippen molar-refractivity contribution in [3.05, 3.63) is 58.0 Å². The Kier molecular flexibility index (Phi) is 3.83. The van der Waals surface area contributed by atoms with Crippen LogP contribution in [0.3, 0.4) is 0 Å². The summed E-state index contributed by atoms with van der Waals surface area (Å²) in [6, 6.07) is 7.69. The van der Waals surface area contributed by atoms with Crippen molar-refractivity contribution in [1.82, 2.24) is 19.2 Å². The first-order chi connectivity index (χ1) is 12.8. The Morgan fingerprint density at radius 2 is 1.96 bits per heavy atom. The van der Waals surface area contributed by atoms with Gasteiger partial charge in [-0.05, 0) is 19.9 Å². The highest BCUT2D eigenvalue weighted by Crippen LogP contribution is 2.29. The van der Waals surface area contributed by atoms with Gasteiger partial charge in [-0.25, -0.2) is 0 Å². The summed E-state index contributed by atoms with van der Waals surface area (Å²) in [6.07, 6.45) is 3.11. The lowest BCUT2D eigenvalue weighted by Crippen LogP contribution is -2.44. The Bertz CT molecular complexity index is 1110. The van der Waals surface area contributed by atoms with Crippen molar-refractivity contribution < 1.29 is 9.53 Å². The van der Waals surface area contributed by atoms with Gasteiger partial charge in [-0.3, -0.25) is 14.3 Å². The minimum atomic E-state index is -0.564. The van der Waals surface area contributed by atoms with Crippen LogP contribution in [0.4, 0.5) is 0 Å². The highest BCUT2D eigenvalue weighted by atomic mass is 16.5. The number of aryl methyl sites for hydroxylation is 2. The summed E-state index contributed by atoms with van der Waals surface area (Å²) in [6.45, 7) is 4.66. The molecule has 0 bridgehead atoms. The number of para-hydroxylation sites is 1. The predicted octanol–water partition coefficient (Wildman–Crippen LogP) is 2.09. The van der Waals surface area contributed by atoms with Gasteiger partial charge in [0, 0.05) is 32.4 Å². The molecule has 7 heteroatoms. The van der Waals surface area contributed by atoms with Gasteiger partial charge in [0.2, 0.25) is 5.43 Å². The number of rotatable bonds is 1. The Labute approximate surface area is 156 Å². The van der Waals surface area contributed by atoms with Crippen LogP contribution in [0, 0.1) is 0 Å². The molecule has 1 aliphatic rings. The number of fused-ring (bicyclic) bond motifs is 2. The number of nitrogens with zero attached hydrogens (tertiary/aromatic N) is 4. The van der Waals surface area contributed by atoms with E-state index < -0.39 is 5.60 Å². The normalized spacial score (nSPS) is 15.9. The second kappa shape index (κ2) is 5.97. The summed E-state index contributed by atoms with van der Waals surface area (Å²) in [7, 11) is 3.58. The van der Waals surface area contributed by atoms with Crippen molar-refractivity contribution in [2.75, 3.05) is 6.54 Å². The average molecular weight is 366 g/mol. The molecule has 0 spiro atoms. The lowest BCUT2D eigenvalue weighted by molar-refractivity contribution is 0.0499. The number of benzene rings is 1. The number of hydrogen-bond donors (Lipinski definition) is 0. The molecule has 1 aliphatic heterocycles. The van der Waals surface area contributed by atoms with Crippen molar-refractivity contribution in [1.29, 1.82) is 0 Å². The fraction of sp³-hybridized carbons (Fsp3) is 0.350. The summed E-state index contributed by atoms with van der Waals surface area (Å²) in [5.41, 5.74) is 0.897. The zero-order valence-electron chi connectivity index (χ0n) is 15.9. The summed E-state index contributed by atoms with van der Waals surface area (Å²) in [4.78, 5) is 27.9. The van der Waals surface area contributed by atoms with Gasteiger partial charge >= 0.3 is 0 Å². The van der Waals surface area contributed by atoms with Crippen LogP contribution in [0.15, 0.2) is 41.5 Å². The topological polar surface area (TPSA) is 69.4 Å². The number of carbonyl (C=O) groups excluding carboxylic acids is 1. The molecular formula is C20H22N4O3. The number of aromatic nitrogens is 3. The van der Waals surface area contributed by atoms with Crippen LogP contribution >= 0.6 is 0 Å². The molecule has 1 aromatic carbocycles. The smallest absolute Gasteiger partial charge is 0.259 e. The molecule has 2 aromatic heterocycles. The molecule has 7 nitrogen and oxygen atoms in total. The molecule has 0 fully saturated rings. The quantitative estimate of drug-likeness (QED) is 0.661. The van der Waals surface area contributed by atoms with Crippen LogP contribution in [0.25, 0.3) is 11.0 Å². The van der Waals surface area contributed by atoms with Crippen LogP contribution in [0.2, 0.25) is 0 Å². The first-order valence-electron chi connectivity index (χ1n) is 8.84. The molecule has 0 radical (unpaired) electrons. The summed E-state index contributed by atoms with van der Waals surface area (Å²) < 4.78 is 9.49. The van der Waals surface area contributed by atoms with Gasteiger partial charge in [-0.2, -0.15) is 5.10 Å². The molecule has 1 amide bonds. The maximum atomic E-state index is 13.3. The Hall–Kier alpha value is -3.09. The van der Waals surface area contributed by atoms with Gasteiger partial charge in [0.25, 0.3) is 5.91 Å². The number of ether oxygens (including phenoxy) is 1. The Balaban J connectivity index is 1.80. The van der Waals surface area contributed by atoms with Crippen LogP contribution in [-0.2, 0) is 20.6 Å². The molecule has 0 saturated heterocycles. The maximum absolute atomic E-state index is 13.3. The Morgan fingerprint density at radius 3 is 2.74 bits per heavy atom. The van der Waals surface area contributed by atoms with Crippen molar-refractivity contribution in [3.8, 4) is 5.75 Å². The zero-order valence-corrected chi connectivity index (χ0v) is 15.9. The second-order valence-corrected chi connectivity index (χ2v) is 7.62. The van der Waals surface area contributed by atoms with Gasteiger partial charge in [-0.1, -0.05) is 18.2 Å². The lowest BCUT2D eigenvalue weighted by atomic mass is 10.1. The largest absolute Gasteiger partial charge is 0.486 e. The highest BCUT2D eigenvalue weighted by molar-refractivity contribution is 5.97. The molecule has 0 saturated carbocycles. The van der Waals surface area contributed by atoms with E-state index in [1.807, 2.05) is 45.2 Å². The standard InChI is InChI=1S/C20H22N4O3/c1-20(2)12-24(10-13-7-5-6-8-16(13)27-20)19(26)15-11-22(3)18-14(17(15)25)9-21-23(18)4/h5-9,11H,10,12H2,1-4H3. The van der Waals surface area contributed by atoms with E-state index in [4.69, 9.17) is 4.74 Å². The molecule has 0 atom stereocenters. The fourth-order valence-corrected chi connectivity index (χ4v) is 3.72. The predicted molar refractivity (Wildman–Crippen MR) is 102 cm³/mol. The first-order valence-corrected chi connectivity index (χ1v) is 8.84. The third-order valence-corrected chi connectivity index (χ3v) is 4.86. The minimum Gasteiger partial charge on any atom is -0.486 e. The highest BCUT2D eigenvalue weighted by Gasteiger charge is 2.33. The molecular weight excluding hydrogens is 344 g/mol. The van der Waals surface area contributed by atoms with Gasteiger partial charge < -0.3 is 14.2 Å². The Morgan fingerprint density at radius 1 is 1.22 bits per heavy atom. The zero-order chi connectivity index (χ0) is 19.3. The van der Waals surface area contributed by atoms with E-state index in [1.54, 1.807) is 27.4 Å². The molecule has 4 rings (SSSR count). The molecule has 3 aromatic rings. The average Bonchev–Trinajstić information content (AvgIpc) is 2.93. The van der Waals surface area contributed by atoms with E-state index in [2.05, 4.69) is 5.10 Å². The summed E-state index contributed by atoms with van der Waals surface area (Å²) >= 11 is 0.